The number of esters is 1. The Morgan fingerprint density at radius 1 is 0.860 bits per heavy atom. The van der Waals surface area contributed by atoms with E-state index in [0.717, 1.165) is 11.1 Å². The molecule has 1 aliphatic rings. The van der Waals surface area contributed by atoms with Crippen LogP contribution in [0.1, 0.15) is 77.1 Å². The van der Waals surface area contributed by atoms with Crippen LogP contribution < -0.4 is 10.6 Å². The fourth-order valence-electron chi connectivity index (χ4n) is 4.54. The summed E-state index contributed by atoms with van der Waals surface area (Å²) in [5.74, 6) is -1.81. The van der Waals surface area contributed by atoms with Crippen LogP contribution >= 0.6 is 0 Å². The molecule has 43 heavy (non-hydrogen) atoms. The summed E-state index contributed by atoms with van der Waals surface area (Å²) < 4.78 is 10.9. The SMILES string of the molecule is Cc1ccc(C(C(=O)NC(Cc2ccccc2)C(=O)OC(C)(C)C)N(C(=O)C(CO)NC(=O)OC(C)(C)C)C2CC2)cc1. The third-order valence-corrected chi connectivity index (χ3v) is 6.58. The van der Waals surface area contributed by atoms with Crippen molar-refractivity contribution < 1.29 is 33.8 Å². The van der Waals surface area contributed by atoms with Crippen LogP contribution in [-0.4, -0.2) is 69.8 Å². The molecule has 0 heterocycles. The minimum absolute atomic E-state index is 0.180. The second kappa shape index (κ2) is 14.0. The first-order valence-corrected chi connectivity index (χ1v) is 14.6. The van der Waals surface area contributed by atoms with E-state index in [1.807, 2.05) is 49.4 Å². The Kier molecular flexibility index (Phi) is 11.0. The van der Waals surface area contributed by atoms with E-state index in [-0.39, 0.29) is 12.5 Å². The second-order valence-electron chi connectivity index (χ2n) is 13.0. The zero-order chi connectivity index (χ0) is 31.9. The van der Waals surface area contributed by atoms with Crippen LogP contribution in [0.3, 0.4) is 0 Å². The van der Waals surface area contributed by atoms with Crippen molar-refractivity contribution in [1.29, 1.82) is 0 Å². The van der Waals surface area contributed by atoms with Gasteiger partial charge in [0, 0.05) is 12.5 Å². The Morgan fingerprint density at radius 2 is 1.44 bits per heavy atom. The van der Waals surface area contributed by atoms with Gasteiger partial charge in [-0.05, 0) is 72.4 Å². The lowest BCUT2D eigenvalue weighted by Gasteiger charge is -2.35. The number of carbonyl (C=O) groups excluding carboxylic acids is 4. The number of aliphatic hydroxyl groups excluding tert-OH is 1. The topological polar surface area (TPSA) is 134 Å². The summed E-state index contributed by atoms with van der Waals surface area (Å²) in [7, 11) is 0. The highest BCUT2D eigenvalue weighted by atomic mass is 16.6. The van der Waals surface area contributed by atoms with Gasteiger partial charge < -0.3 is 30.1 Å². The molecule has 3 atom stereocenters. The molecule has 0 saturated heterocycles. The summed E-state index contributed by atoms with van der Waals surface area (Å²) in [6.07, 6.45) is 0.607. The van der Waals surface area contributed by atoms with Gasteiger partial charge in [0.25, 0.3) is 0 Å². The Morgan fingerprint density at radius 3 is 1.95 bits per heavy atom. The lowest BCUT2D eigenvalue weighted by molar-refractivity contribution is -0.159. The van der Waals surface area contributed by atoms with Gasteiger partial charge in [0.05, 0.1) is 6.61 Å². The van der Waals surface area contributed by atoms with Crippen LogP contribution in [0.15, 0.2) is 54.6 Å². The summed E-state index contributed by atoms with van der Waals surface area (Å²) in [6, 6.07) is 12.6. The van der Waals surface area contributed by atoms with E-state index in [1.54, 1.807) is 53.7 Å². The number of aliphatic hydroxyl groups is 1. The summed E-state index contributed by atoms with van der Waals surface area (Å²) in [4.78, 5) is 55.4. The van der Waals surface area contributed by atoms with E-state index in [9.17, 15) is 24.3 Å². The molecule has 1 saturated carbocycles. The lowest BCUT2D eigenvalue weighted by atomic mass is 9.99. The number of rotatable bonds is 11. The molecule has 2 aromatic rings. The van der Waals surface area contributed by atoms with Gasteiger partial charge in [-0.2, -0.15) is 0 Å². The van der Waals surface area contributed by atoms with Crippen LogP contribution in [0.2, 0.25) is 0 Å². The van der Waals surface area contributed by atoms with Gasteiger partial charge in [-0.1, -0.05) is 60.2 Å². The molecular formula is C33H45N3O7. The number of ether oxygens (including phenoxy) is 2. The molecule has 0 bridgehead atoms. The fourth-order valence-corrected chi connectivity index (χ4v) is 4.54. The molecule has 3 N–H and O–H groups in total. The van der Waals surface area contributed by atoms with Gasteiger partial charge in [-0.3, -0.25) is 9.59 Å². The molecule has 10 nitrogen and oxygen atoms in total. The van der Waals surface area contributed by atoms with E-state index in [2.05, 4.69) is 10.6 Å². The van der Waals surface area contributed by atoms with Crippen molar-refractivity contribution >= 4 is 23.9 Å². The van der Waals surface area contributed by atoms with E-state index in [0.29, 0.717) is 18.4 Å². The van der Waals surface area contributed by atoms with Crippen LogP contribution in [0.4, 0.5) is 4.79 Å². The highest BCUT2D eigenvalue weighted by molar-refractivity contribution is 5.94. The maximum atomic E-state index is 14.2. The molecule has 3 rings (SSSR count). The number of nitrogens with one attached hydrogen (secondary N) is 2. The minimum Gasteiger partial charge on any atom is -0.458 e. The Bertz CT molecular complexity index is 1260. The Labute approximate surface area is 254 Å². The largest absolute Gasteiger partial charge is 0.458 e. The molecule has 0 aliphatic heterocycles. The van der Waals surface area contributed by atoms with Crippen molar-refractivity contribution in [3.8, 4) is 0 Å². The van der Waals surface area contributed by atoms with Crippen molar-refractivity contribution in [1.82, 2.24) is 15.5 Å². The number of nitrogens with zero attached hydrogens (tertiary/aromatic N) is 1. The van der Waals surface area contributed by atoms with E-state index in [1.165, 1.54) is 4.90 Å². The molecule has 2 aromatic carbocycles. The standard InChI is InChI=1S/C33H45N3O7/c1-21-13-15-23(16-14-21)27(36(24-17-18-24)29(39)26(20-37)35-31(41)43-33(5,6)7)28(38)34-25(30(40)42-32(2,3)4)19-22-11-9-8-10-12-22/h8-16,24-27,37H,17-20H2,1-7H3,(H,34,38)(H,35,41). The molecular weight excluding hydrogens is 550 g/mol. The number of benzene rings is 2. The van der Waals surface area contributed by atoms with Gasteiger partial charge >= 0.3 is 12.1 Å². The minimum atomic E-state index is -1.35. The van der Waals surface area contributed by atoms with E-state index in [4.69, 9.17) is 9.47 Å². The summed E-state index contributed by atoms with van der Waals surface area (Å²) in [6.45, 7) is 11.5. The smallest absolute Gasteiger partial charge is 0.408 e. The third kappa shape index (κ3) is 10.4. The quantitative estimate of drug-likeness (QED) is 0.335. The molecule has 3 unspecified atom stereocenters. The number of carbonyl (C=O) groups is 4. The predicted molar refractivity (Wildman–Crippen MR) is 162 cm³/mol. The van der Waals surface area contributed by atoms with Crippen LogP contribution in [0.5, 0.6) is 0 Å². The van der Waals surface area contributed by atoms with Gasteiger partial charge in [0.15, 0.2) is 0 Å². The highest BCUT2D eigenvalue weighted by Crippen LogP contribution is 2.36. The molecule has 1 aliphatic carbocycles. The Balaban J connectivity index is 1.98. The van der Waals surface area contributed by atoms with Gasteiger partial charge in [-0.25, -0.2) is 9.59 Å². The van der Waals surface area contributed by atoms with Crippen LogP contribution in [-0.2, 0) is 30.3 Å². The van der Waals surface area contributed by atoms with Gasteiger partial charge in [-0.15, -0.1) is 0 Å². The zero-order valence-electron chi connectivity index (χ0n) is 26.2. The number of amides is 3. The number of hydrogen-bond donors (Lipinski definition) is 3. The first kappa shape index (κ1) is 33.6. The molecule has 1 fully saturated rings. The number of alkyl carbamates (subject to hydrolysis) is 1. The van der Waals surface area contributed by atoms with Gasteiger partial charge in [0.2, 0.25) is 11.8 Å². The van der Waals surface area contributed by atoms with Crippen molar-refractivity contribution in [2.24, 2.45) is 0 Å². The molecule has 0 radical (unpaired) electrons. The Hall–Kier alpha value is -3.92. The highest BCUT2D eigenvalue weighted by Gasteiger charge is 2.45. The summed E-state index contributed by atoms with van der Waals surface area (Å²) in [5, 5.41) is 15.4. The van der Waals surface area contributed by atoms with E-state index < -0.39 is 59.8 Å². The summed E-state index contributed by atoms with van der Waals surface area (Å²) >= 11 is 0. The molecule has 3 amide bonds. The lowest BCUT2D eigenvalue weighted by Crippen LogP contribution is -2.56. The van der Waals surface area contributed by atoms with Crippen LogP contribution in [0, 0.1) is 6.92 Å². The van der Waals surface area contributed by atoms with Crippen molar-refractivity contribution in [3.05, 3.63) is 71.3 Å². The summed E-state index contributed by atoms with van der Waals surface area (Å²) in [5.41, 5.74) is 0.707. The second-order valence-corrected chi connectivity index (χ2v) is 13.0. The average Bonchev–Trinajstić information content (AvgIpc) is 3.74. The first-order valence-electron chi connectivity index (χ1n) is 14.6. The molecule has 10 heteroatoms. The van der Waals surface area contributed by atoms with Crippen molar-refractivity contribution in [2.45, 2.75) is 103 Å². The number of hydrogen-bond acceptors (Lipinski definition) is 7. The molecule has 0 aromatic heterocycles. The monoisotopic (exact) mass is 595 g/mol. The van der Waals surface area contributed by atoms with Gasteiger partial charge in [0.1, 0.15) is 29.3 Å². The molecule has 0 spiro atoms. The average molecular weight is 596 g/mol. The fraction of sp³-hybridized carbons (Fsp3) is 0.515. The van der Waals surface area contributed by atoms with Crippen LogP contribution in [0.25, 0.3) is 0 Å². The maximum absolute atomic E-state index is 14.2. The van der Waals surface area contributed by atoms with E-state index >= 15 is 0 Å². The predicted octanol–water partition coefficient (Wildman–Crippen LogP) is 3.98. The number of aryl methyl sites for hydroxylation is 1. The zero-order valence-corrected chi connectivity index (χ0v) is 26.2. The normalized spacial score (nSPS) is 15.4. The maximum Gasteiger partial charge on any atom is 0.408 e. The van der Waals surface area contributed by atoms with Crippen molar-refractivity contribution in [3.63, 3.8) is 0 Å². The first-order chi connectivity index (χ1) is 20.1. The molecule has 234 valence electrons. The third-order valence-electron chi connectivity index (χ3n) is 6.58. The van der Waals surface area contributed by atoms with Crippen molar-refractivity contribution in [2.75, 3.05) is 6.61 Å².